The minimum absolute atomic E-state index is 0.465. The van der Waals surface area contributed by atoms with Crippen molar-refractivity contribution >= 4 is 28.7 Å². The summed E-state index contributed by atoms with van der Waals surface area (Å²) in [6.45, 7) is 0. The third-order valence-corrected chi connectivity index (χ3v) is 2.17. The number of aromatic nitrogens is 2. The van der Waals surface area contributed by atoms with Crippen LogP contribution >= 0.6 is 11.3 Å². The quantitative estimate of drug-likeness (QED) is 0.762. The van der Waals surface area contributed by atoms with Crippen LogP contribution < -0.4 is 11.1 Å². The van der Waals surface area contributed by atoms with E-state index in [2.05, 4.69) is 15.3 Å². The van der Waals surface area contributed by atoms with E-state index in [1.807, 2.05) is 16.8 Å². The Bertz CT molecular complexity index is 385. The van der Waals surface area contributed by atoms with Crippen molar-refractivity contribution in [3.05, 3.63) is 29.2 Å². The minimum Gasteiger partial charge on any atom is -0.384 e. The SMILES string of the molecule is Nc1cc(Nc2ccsc2)ncn1. The van der Waals surface area contributed by atoms with Crippen LogP contribution in [0.5, 0.6) is 0 Å². The molecule has 13 heavy (non-hydrogen) atoms. The summed E-state index contributed by atoms with van der Waals surface area (Å²) in [5, 5.41) is 7.10. The molecule has 0 radical (unpaired) electrons. The molecule has 0 amide bonds. The Morgan fingerprint density at radius 1 is 1.38 bits per heavy atom. The highest BCUT2D eigenvalue weighted by Gasteiger charge is 1.96. The van der Waals surface area contributed by atoms with Gasteiger partial charge in [-0.2, -0.15) is 11.3 Å². The van der Waals surface area contributed by atoms with E-state index < -0.39 is 0 Å². The summed E-state index contributed by atoms with van der Waals surface area (Å²) in [7, 11) is 0. The van der Waals surface area contributed by atoms with Crippen molar-refractivity contribution in [2.24, 2.45) is 0 Å². The second kappa shape index (κ2) is 3.40. The van der Waals surface area contributed by atoms with Gasteiger partial charge in [-0.15, -0.1) is 0 Å². The first kappa shape index (κ1) is 8.00. The average molecular weight is 192 g/mol. The highest BCUT2D eigenvalue weighted by atomic mass is 32.1. The summed E-state index contributed by atoms with van der Waals surface area (Å²) in [5.41, 5.74) is 6.52. The molecule has 0 aromatic carbocycles. The molecule has 0 aliphatic rings. The van der Waals surface area contributed by atoms with Gasteiger partial charge in [0.25, 0.3) is 0 Å². The van der Waals surface area contributed by atoms with E-state index in [0.29, 0.717) is 11.6 Å². The smallest absolute Gasteiger partial charge is 0.135 e. The lowest BCUT2D eigenvalue weighted by Gasteiger charge is -2.01. The van der Waals surface area contributed by atoms with Crippen LogP contribution in [0.4, 0.5) is 17.3 Å². The van der Waals surface area contributed by atoms with Crippen molar-refractivity contribution < 1.29 is 0 Å². The lowest BCUT2D eigenvalue weighted by Crippen LogP contribution is -1.96. The summed E-state index contributed by atoms with van der Waals surface area (Å²) in [5.74, 6) is 1.18. The van der Waals surface area contributed by atoms with Crippen molar-refractivity contribution in [3.63, 3.8) is 0 Å². The van der Waals surface area contributed by atoms with Crippen molar-refractivity contribution in [3.8, 4) is 0 Å². The van der Waals surface area contributed by atoms with Gasteiger partial charge in [0.15, 0.2) is 0 Å². The molecule has 2 aromatic heterocycles. The molecule has 3 N–H and O–H groups in total. The Balaban J connectivity index is 2.19. The predicted octanol–water partition coefficient (Wildman–Crippen LogP) is 1.86. The Kier molecular flexibility index (Phi) is 2.09. The van der Waals surface area contributed by atoms with Crippen LogP contribution in [0, 0.1) is 0 Å². The number of rotatable bonds is 2. The number of nitrogen functional groups attached to an aromatic ring is 1. The van der Waals surface area contributed by atoms with Crippen LogP contribution in [-0.4, -0.2) is 9.97 Å². The summed E-state index contributed by atoms with van der Waals surface area (Å²) in [4.78, 5) is 7.82. The molecular weight excluding hydrogens is 184 g/mol. The number of nitrogens with zero attached hydrogens (tertiary/aromatic N) is 2. The van der Waals surface area contributed by atoms with Crippen molar-refractivity contribution in [1.29, 1.82) is 0 Å². The number of nitrogens with one attached hydrogen (secondary N) is 1. The van der Waals surface area contributed by atoms with Crippen LogP contribution in [0.2, 0.25) is 0 Å². The zero-order valence-corrected chi connectivity index (χ0v) is 7.58. The molecule has 5 heteroatoms. The molecule has 2 rings (SSSR count). The molecule has 0 aliphatic heterocycles. The number of hydrogen-bond donors (Lipinski definition) is 2. The molecule has 0 unspecified atom stereocenters. The molecule has 66 valence electrons. The maximum atomic E-state index is 5.50. The molecule has 0 fully saturated rings. The molecule has 2 aromatic rings. The molecule has 0 spiro atoms. The van der Waals surface area contributed by atoms with Crippen LogP contribution in [0.25, 0.3) is 0 Å². The summed E-state index contributed by atoms with van der Waals surface area (Å²) in [6.07, 6.45) is 1.43. The van der Waals surface area contributed by atoms with Crippen molar-refractivity contribution in [2.75, 3.05) is 11.1 Å². The molecule has 2 heterocycles. The number of thiophene rings is 1. The van der Waals surface area contributed by atoms with Crippen LogP contribution in [0.15, 0.2) is 29.2 Å². The van der Waals surface area contributed by atoms with Gasteiger partial charge in [0, 0.05) is 11.4 Å². The monoisotopic (exact) mass is 192 g/mol. The van der Waals surface area contributed by atoms with E-state index in [-0.39, 0.29) is 0 Å². The maximum absolute atomic E-state index is 5.50. The number of hydrogen-bond acceptors (Lipinski definition) is 5. The maximum Gasteiger partial charge on any atom is 0.135 e. The zero-order valence-electron chi connectivity index (χ0n) is 6.77. The number of anilines is 3. The zero-order chi connectivity index (χ0) is 9.10. The average Bonchev–Trinajstić information content (AvgIpc) is 2.57. The van der Waals surface area contributed by atoms with Gasteiger partial charge in [-0.3, -0.25) is 0 Å². The van der Waals surface area contributed by atoms with E-state index in [9.17, 15) is 0 Å². The van der Waals surface area contributed by atoms with E-state index in [4.69, 9.17) is 5.73 Å². The van der Waals surface area contributed by atoms with Crippen molar-refractivity contribution in [2.45, 2.75) is 0 Å². The summed E-state index contributed by atoms with van der Waals surface area (Å²) < 4.78 is 0. The lowest BCUT2D eigenvalue weighted by atomic mass is 10.5. The van der Waals surface area contributed by atoms with E-state index in [1.54, 1.807) is 17.4 Å². The van der Waals surface area contributed by atoms with Crippen LogP contribution in [-0.2, 0) is 0 Å². The summed E-state index contributed by atoms with van der Waals surface area (Å²) >= 11 is 1.63. The van der Waals surface area contributed by atoms with Gasteiger partial charge in [-0.25, -0.2) is 9.97 Å². The van der Waals surface area contributed by atoms with Gasteiger partial charge >= 0.3 is 0 Å². The third kappa shape index (κ3) is 1.94. The fourth-order valence-electron chi connectivity index (χ4n) is 0.924. The van der Waals surface area contributed by atoms with Gasteiger partial charge < -0.3 is 11.1 Å². The van der Waals surface area contributed by atoms with Gasteiger partial charge in [0.1, 0.15) is 18.0 Å². The first-order chi connectivity index (χ1) is 6.34. The predicted molar refractivity (Wildman–Crippen MR) is 54.0 cm³/mol. The standard InChI is InChI=1S/C8H8N4S/c9-7-3-8(11-5-10-7)12-6-1-2-13-4-6/h1-5H,(H3,9,10,11,12). The normalized spacial score (nSPS) is 9.85. The second-order valence-corrected chi connectivity index (χ2v) is 3.25. The number of nitrogens with two attached hydrogens (primary N) is 1. The molecular formula is C8H8N4S. The van der Waals surface area contributed by atoms with Crippen molar-refractivity contribution in [1.82, 2.24) is 9.97 Å². The van der Waals surface area contributed by atoms with Gasteiger partial charge in [0.2, 0.25) is 0 Å². The molecule has 0 saturated carbocycles. The van der Waals surface area contributed by atoms with E-state index in [0.717, 1.165) is 5.69 Å². The minimum atomic E-state index is 0.465. The van der Waals surface area contributed by atoms with Crippen LogP contribution in [0.3, 0.4) is 0 Å². The summed E-state index contributed by atoms with van der Waals surface area (Å²) in [6, 6.07) is 3.67. The highest BCUT2D eigenvalue weighted by Crippen LogP contribution is 2.17. The second-order valence-electron chi connectivity index (χ2n) is 2.47. The molecule has 4 nitrogen and oxygen atoms in total. The molecule has 0 saturated heterocycles. The molecule has 0 atom stereocenters. The molecule has 0 bridgehead atoms. The van der Waals surface area contributed by atoms with Gasteiger partial charge in [-0.1, -0.05) is 0 Å². The first-order valence-corrected chi connectivity index (χ1v) is 4.65. The third-order valence-electron chi connectivity index (χ3n) is 1.48. The van der Waals surface area contributed by atoms with E-state index in [1.165, 1.54) is 6.33 Å². The fraction of sp³-hybridized carbons (Fsp3) is 0. The van der Waals surface area contributed by atoms with Gasteiger partial charge in [0.05, 0.1) is 5.69 Å². The first-order valence-electron chi connectivity index (χ1n) is 3.71. The largest absolute Gasteiger partial charge is 0.384 e. The van der Waals surface area contributed by atoms with E-state index >= 15 is 0 Å². The fourth-order valence-corrected chi connectivity index (χ4v) is 1.51. The molecule has 0 aliphatic carbocycles. The van der Waals surface area contributed by atoms with Crippen LogP contribution in [0.1, 0.15) is 0 Å². The Hall–Kier alpha value is -1.62. The Labute approximate surface area is 79.5 Å². The topological polar surface area (TPSA) is 63.8 Å². The highest BCUT2D eigenvalue weighted by molar-refractivity contribution is 7.08. The Morgan fingerprint density at radius 3 is 3.00 bits per heavy atom. The van der Waals surface area contributed by atoms with Gasteiger partial charge in [-0.05, 0) is 11.4 Å². The Morgan fingerprint density at radius 2 is 2.31 bits per heavy atom. The lowest BCUT2D eigenvalue weighted by molar-refractivity contribution is 1.18.